The van der Waals surface area contributed by atoms with Crippen LogP contribution in [0.1, 0.15) is 11.1 Å². The zero-order valence-corrected chi connectivity index (χ0v) is 13.2. The molecule has 0 spiro atoms. The van der Waals surface area contributed by atoms with Crippen LogP contribution in [-0.2, 0) is 13.1 Å². The normalized spacial score (nSPS) is 11.0. The molecule has 0 N–H and O–H groups in total. The van der Waals surface area contributed by atoms with Gasteiger partial charge in [0.25, 0.3) is 0 Å². The molecule has 0 amide bonds. The Labute approximate surface area is 135 Å². The molecule has 2 aromatic carbocycles. The third kappa shape index (κ3) is 3.75. The summed E-state index contributed by atoms with van der Waals surface area (Å²) in [5.41, 5.74) is 3.52. The standard InChI is InChI=1S/C18H18ClN3/c1-21(12-15-7-9-17(19)10-8-15)13-16-11-20-22(14-16)18-5-3-2-4-6-18/h2-11,14H,12-13H2,1H3. The Bertz CT molecular complexity index is 720. The molecule has 0 atom stereocenters. The molecule has 0 aliphatic carbocycles. The van der Waals surface area contributed by atoms with E-state index in [1.807, 2.05) is 53.3 Å². The van der Waals surface area contributed by atoms with Crippen LogP contribution in [0.25, 0.3) is 5.69 Å². The first-order valence-corrected chi connectivity index (χ1v) is 7.60. The van der Waals surface area contributed by atoms with Crippen molar-refractivity contribution >= 4 is 11.6 Å². The Balaban J connectivity index is 1.63. The Hall–Kier alpha value is -2.10. The van der Waals surface area contributed by atoms with Gasteiger partial charge in [0.15, 0.2) is 0 Å². The van der Waals surface area contributed by atoms with Crippen LogP contribution in [0.5, 0.6) is 0 Å². The largest absolute Gasteiger partial charge is 0.298 e. The van der Waals surface area contributed by atoms with E-state index in [1.165, 1.54) is 11.1 Å². The van der Waals surface area contributed by atoms with Crippen LogP contribution in [0.4, 0.5) is 0 Å². The molecule has 0 unspecified atom stereocenters. The molecule has 0 fully saturated rings. The van der Waals surface area contributed by atoms with Gasteiger partial charge in [-0.25, -0.2) is 4.68 Å². The van der Waals surface area contributed by atoms with E-state index >= 15 is 0 Å². The number of aromatic nitrogens is 2. The second kappa shape index (κ2) is 6.77. The summed E-state index contributed by atoms with van der Waals surface area (Å²) in [5.74, 6) is 0. The highest BCUT2D eigenvalue weighted by Gasteiger charge is 2.05. The lowest BCUT2D eigenvalue weighted by Crippen LogP contribution is -2.16. The molecule has 0 saturated heterocycles. The smallest absolute Gasteiger partial charge is 0.0645 e. The predicted molar refractivity (Wildman–Crippen MR) is 90.2 cm³/mol. The third-order valence-electron chi connectivity index (χ3n) is 3.48. The molecule has 22 heavy (non-hydrogen) atoms. The Morgan fingerprint density at radius 1 is 0.955 bits per heavy atom. The molecule has 3 rings (SSSR count). The maximum atomic E-state index is 5.91. The summed E-state index contributed by atoms with van der Waals surface area (Å²) in [4.78, 5) is 2.26. The van der Waals surface area contributed by atoms with Crippen molar-refractivity contribution in [1.82, 2.24) is 14.7 Å². The quantitative estimate of drug-likeness (QED) is 0.705. The lowest BCUT2D eigenvalue weighted by molar-refractivity contribution is 0.319. The first-order chi connectivity index (χ1) is 10.7. The van der Waals surface area contributed by atoms with Crippen LogP contribution >= 0.6 is 11.6 Å². The monoisotopic (exact) mass is 311 g/mol. The maximum absolute atomic E-state index is 5.91. The second-order valence-electron chi connectivity index (χ2n) is 5.43. The lowest BCUT2D eigenvalue weighted by Gasteiger charge is -2.15. The number of hydrogen-bond acceptors (Lipinski definition) is 2. The number of hydrogen-bond donors (Lipinski definition) is 0. The number of rotatable bonds is 5. The van der Waals surface area contributed by atoms with Gasteiger partial charge in [-0.2, -0.15) is 5.10 Å². The van der Waals surface area contributed by atoms with Gasteiger partial charge in [-0.05, 0) is 36.9 Å². The average Bonchev–Trinajstić information content (AvgIpc) is 2.99. The van der Waals surface area contributed by atoms with E-state index in [0.717, 1.165) is 23.8 Å². The molecule has 1 heterocycles. The first kappa shape index (κ1) is 14.8. The van der Waals surface area contributed by atoms with Gasteiger partial charge in [0.05, 0.1) is 11.9 Å². The minimum atomic E-state index is 0.774. The van der Waals surface area contributed by atoms with Gasteiger partial charge < -0.3 is 0 Å². The van der Waals surface area contributed by atoms with Crippen molar-refractivity contribution in [3.63, 3.8) is 0 Å². The van der Waals surface area contributed by atoms with E-state index in [9.17, 15) is 0 Å². The summed E-state index contributed by atoms with van der Waals surface area (Å²) < 4.78 is 1.91. The van der Waals surface area contributed by atoms with Crippen LogP contribution in [0.2, 0.25) is 5.02 Å². The van der Waals surface area contributed by atoms with Crippen LogP contribution < -0.4 is 0 Å². The van der Waals surface area contributed by atoms with E-state index in [0.29, 0.717) is 0 Å². The van der Waals surface area contributed by atoms with Gasteiger partial charge in [0.1, 0.15) is 0 Å². The van der Waals surface area contributed by atoms with Crippen LogP contribution in [0.3, 0.4) is 0 Å². The number of para-hydroxylation sites is 1. The van der Waals surface area contributed by atoms with E-state index in [1.54, 1.807) is 0 Å². The van der Waals surface area contributed by atoms with Crippen LogP contribution in [0, 0.1) is 0 Å². The predicted octanol–water partition coefficient (Wildman–Crippen LogP) is 4.16. The molecule has 0 aliphatic rings. The fourth-order valence-corrected chi connectivity index (χ4v) is 2.56. The van der Waals surface area contributed by atoms with Crippen molar-refractivity contribution in [1.29, 1.82) is 0 Å². The first-order valence-electron chi connectivity index (χ1n) is 7.23. The number of benzene rings is 2. The van der Waals surface area contributed by atoms with E-state index in [-0.39, 0.29) is 0 Å². The van der Waals surface area contributed by atoms with Crippen molar-refractivity contribution in [2.24, 2.45) is 0 Å². The van der Waals surface area contributed by atoms with Gasteiger partial charge in [-0.15, -0.1) is 0 Å². The SMILES string of the molecule is CN(Cc1ccc(Cl)cc1)Cc1cnn(-c2ccccc2)c1. The summed E-state index contributed by atoms with van der Waals surface area (Å²) >= 11 is 5.91. The summed E-state index contributed by atoms with van der Waals surface area (Å²) in [6, 6.07) is 18.1. The zero-order valence-electron chi connectivity index (χ0n) is 12.5. The Kier molecular flexibility index (Phi) is 4.56. The Morgan fingerprint density at radius 2 is 1.64 bits per heavy atom. The zero-order chi connectivity index (χ0) is 15.4. The molecule has 3 aromatic rings. The van der Waals surface area contributed by atoms with E-state index in [2.05, 4.69) is 35.4 Å². The molecule has 4 heteroatoms. The lowest BCUT2D eigenvalue weighted by atomic mass is 10.2. The summed E-state index contributed by atoms with van der Waals surface area (Å²) in [5, 5.41) is 5.20. The van der Waals surface area contributed by atoms with Gasteiger partial charge in [0.2, 0.25) is 0 Å². The van der Waals surface area contributed by atoms with Gasteiger partial charge in [-0.3, -0.25) is 4.90 Å². The molecule has 0 bridgehead atoms. The molecule has 112 valence electrons. The summed E-state index contributed by atoms with van der Waals surface area (Å²) in [6.07, 6.45) is 4.00. The van der Waals surface area contributed by atoms with Gasteiger partial charge >= 0.3 is 0 Å². The van der Waals surface area contributed by atoms with Crippen molar-refractivity contribution in [3.8, 4) is 5.69 Å². The molecule has 0 radical (unpaired) electrons. The molecule has 0 aliphatic heterocycles. The molecule has 1 aromatic heterocycles. The average molecular weight is 312 g/mol. The Morgan fingerprint density at radius 3 is 2.36 bits per heavy atom. The minimum Gasteiger partial charge on any atom is -0.298 e. The molecular weight excluding hydrogens is 294 g/mol. The molecule has 0 saturated carbocycles. The highest BCUT2D eigenvalue weighted by molar-refractivity contribution is 6.30. The van der Waals surface area contributed by atoms with Crippen molar-refractivity contribution in [2.45, 2.75) is 13.1 Å². The summed E-state index contributed by atoms with van der Waals surface area (Å²) in [7, 11) is 2.11. The van der Waals surface area contributed by atoms with Crippen molar-refractivity contribution in [3.05, 3.63) is 83.1 Å². The molecule has 3 nitrogen and oxygen atoms in total. The third-order valence-corrected chi connectivity index (χ3v) is 3.73. The molecular formula is C18H18ClN3. The topological polar surface area (TPSA) is 21.1 Å². The van der Waals surface area contributed by atoms with Crippen molar-refractivity contribution < 1.29 is 0 Å². The number of halogens is 1. The fraction of sp³-hybridized carbons (Fsp3) is 0.167. The maximum Gasteiger partial charge on any atom is 0.0645 e. The van der Waals surface area contributed by atoms with E-state index in [4.69, 9.17) is 11.6 Å². The highest BCUT2D eigenvalue weighted by atomic mass is 35.5. The van der Waals surface area contributed by atoms with Gasteiger partial charge in [-0.1, -0.05) is 41.9 Å². The van der Waals surface area contributed by atoms with Crippen LogP contribution in [-0.4, -0.2) is 21.7 Å². The summed E-state index contributed by atoms with van der Waals surface area (Å²) in [6.45, 7) is 1.74. The van der Waals surface area contributed by atoms with Gasteiger partial charge in [0, 0.05) is 29.9 Å². The number of nitrogens with zero attached hydrogens (tertiary/aromatic N) is 3. The van der Waals surface area contributed by atoms with Crippen LogP contribution in [0.15, 0.2) is 67.0 Å². The highest BCUT2D eigenvalue weighted by Crippen LogP contribution is 2.13. The van der Waals surface area contributed by atoms with E-state index < -0.39 is 0 Å². The van der Waals surface area contributed by atoms with Crippen molar-refractivity contribution in [2.75, 3.05) is 7.05 Å². The second-order valence-corrected chi connectivity index (χ2v) is 5.86. The minimum absolute atomic E-state index is 0.774. The fourth-order valence-electron chi connectivity index (χ4n) is 2.43.